The molecule has 0 saturated heterocycles. The van der Waals surface area contributed by atoms with Crippen molar-refractivity contribution in [1.82, 2.24) is 0 Å². The molecule has 0 amide bonds. The lowest BCUT2D eigenvalue weighted by Crippen LogP contribution is -1.98. The van der Waals surface area contributed by atoms with Crippen LogP contribution in [0.2, 0.25) is 5.02 Å². The Bertz CT molecular complexity index is 419. The first-order chi connectivity index (χ1) is 8.66. The van der Waals surface area contributed by atoms with Gasteiger partial charge in [0.05, 0.1) is 0 Å². The SMILES string of the molecule is CC.OC(c1ccc(Cl)cc1)c1ccc(Br)cc1. The molecule has 0 radical (unpaired) electrons. The standard InChI is InChI=1S/C13H10BrClO.C2H6/c14-11-5-1-9(2-6-11)13(16)10-3-7-12(15)8-4-10;1-2/h1-8,13,16H;1-2H3. The van der Waals surface area contributed by atoms with Gasteiger partial charge in [0.1, 0.15) is 6.10 Å². The van der Waals surface area contributed by atoms with Crippen molar-refractivity contribution in [2.24, 2.45) is 0 Å². The highest BCUT2D eigenvalue weighted by Gasteiger charge is 2.09. The van der Waals surface area contributed by atoms with Gasteiger partial charge in [0, 0.05) is 9.50 Å². The monoisotopic (exact) mass is 326 g/mol. The number of rotatable bonds is 2. The molecule has 1 nitrogen and oxygen atoms in total. The van der Waals surface area contributed by atoms with Crippen molar-refractivity contribution >= 4 is 27.5 Å². The van der Waals surface area contributed by atoms with E-state index < -0.39 is 6.10 Å². The summed E-state index contributed by atoms with van der Waals surface area (Å²) in [5.74, 6) is 0. The fourth-order valence-electron chi connectivity index (χ4n) is 1.48. The Morgan fingerprint density at radius 1 is 0.889 bits per heavy atom. The topological polar surface area (TPSA) is 20.2 Å². The Kier molecular flexibility index (Phi) is 6.41. The molecule has 2 aromatic carbocycles. The van der Waals surface area contributed by atoms with E-state index in [9.17, 15) is 5.11 Å². The van der Waals surface area contributed by atoms with Gasteiger partial charge in [-0.3, -0.25) is 0 Å². The lowest BCUT2D eigenvalue weighted by atomic mass is 10.0. The van der Waals surface area contributed by atoms with E-state index in [4.69, 9.17) is 11.6 Å². The molecule has 0 bridgehead atoms. The van der Waals surface area contributed by atoms with Gasteiger partial charge in [-0.2, -0.15) is 0 Å². The fourth-order valence-corrected chi connectivity index (χ4v) is 1.87. The Balaban J connectivity index is 0.000000771. The summed E-state index contributed by atoms with van der Waals surface area (Å²) in [5.41, 5.74) is 1.71. The van der Waals surface area contributed by atoms with Crippen LogP contribution in [0.1, 0.15) is 31.1 Å². The van der Waals surface area contributed by atoms with Gasteiger partial charge in [-0.05, 0) is 35.4 Å². The van der Waals surface area contributed by atoms with Crippen LogP contribution < -0.4 is 0 Å². The number of benzene rings is 2. The maximum absolute atomic E-state index is 10.1. The maximum Gasteiger partial charge on any atom is 0.104 e. The average molecular weight is 328 g/mol. The zero-order valence-electron chi connectivity index (χ0n) is 10.4. The largest absolute Gasteiger partial charge is 0.384 e. The van der Waals surface area contributed by atoms with Crippen molar-refractivity contribution in [3.63, 3.8) is 0 Å². The van der Waals surface area contributed by atoms with E-state index >= 15 is 0 Å². The van der Waals surface area contributed by atoms with Crippen LogP contribution in [-0.2, 0) is 0 Å². The fraction of sp³-hybridized carbons (Fsp3) is 0.200. The molecular formula is C15H16BrClO. The average Bonchev–Trinajstić information content (AvgIpc) is 2.42. The van der Waals surface area contributed by atoms with E-state index in [0.29, 0.717) is 5.02 Å². The van der Waals surface area contributed by atoms with Crippen LogP contribution >= 0.6 is 27.5 Å². The van der Waals surface area contributed by atoms with Crippen molar-refractivity contribution in [1.29, 1.82) is 0 Å². The predicted octanol–water partition coefficient (Wildman–Crippen LogP) is 5.21. The molecule has 0 saturated carbocycles. The first-order valence-corrected chi connectivity index (χ1v) is 7.03. The maximum atomic E-state index is 10.1. The predicted molar refractivity (Wildman–Crippen MR) is 81.0 cm³/mol. The quantitative estimate of drug-likeness (QED) is 0.802. The highest BCUT2D eigenvalue weighted by atomic mass is 79.9. The van der Waals surface area contributed by atoms with Crippen LogP contribution in [0.5, 0.6) is 0 Å². The van der Waals surface area contributed by atoms with Crippen molar-refractivity contribution in [3.05, 3.63) is 69.2 Å². The summed E-state index contributed by atoms with van der Waals surface area (Å²) in [6.07, 6.45) is -0.606. The van der Waals surface area contributed by atoms with E-state index in [0.717, 1.165) is 15.6 Å². The first-order valence-electron chi connectivity index (χ1n) is 5.86. The van der Waals surface area contributed by atoms with E-state index in [1.807, 2.05) is 50.2 Å². The highest BCUT2D eigenvalue weighted by molar-refractivity contribution is 9.10. The molecule has 96 valence electrons. The minimum Gasteiger partial charge on any atom is -0.384 e. The van der Waals surface area contributed by atoms with E-state index in [-0.39, 0.29) is 0 Å². The molecule has 0 aromatic heterocycles. The van der Waals surface area contributed by atoms with Crippen LogP contribution in [0.4, 0.5) is 0 Å². The summed E-state index contributed by atoms with van der Waals surface area (Å²) >= 11 is 9.16. The smallest absolute Gasteiger partial charge is 0.104 e. The molecule has 3 heteroatoms. The molecule has 0 fully saturated rings. The number of aliphatic hydroxyl groups is 1. The molecule has 1 unspecified atom stereocenters. The second-order valence-corrected chi connectivity index (χ2v) is 4.86. The Labute approximate surface area is 122 Å². The van der Waals surface area contributed by atoms with Gasteiger partial charge in [0.15, 0.2) is 0 Å². The Hall–Kier alpha value is -0.830. The number of halogens is 2. The van der Waals surface area contributed by atoms with Crippen LogP contribution in [0.25, 0.3) is 0 Å². The van der Waals surface area contributed by atoms with Crippen LogP contribution in [0.15, 0.2) is 53.0 Å². The molecule has 1 N–H and O–H groups in total. The van der Waals surface area contributed by atoms with E-state index in [1.165, 1.54) is 0 Å². The zero-order chi connectivity index (χ0) is 13.5. The van der Waals surface area contributed by atoms with Gasteiger partial charge in [-0.15, -0.1) is 0 Å². The molecule has 2 aromatic rings. The van der Waals surface area contributed by atoms with E-state index in [2.05, 4.69) is 15.9 Å². The van der Waals surface area contributed by atoms with Crippen LogP contribution in [0.3, 0.4) is 0 Å². The lowest BCUT2D eigenvalue weighted by Gasteiger charge is -2.11. The molecule has 0 aliphatic rings. The van der Waals surface area contributed by atoms with Crippen LogP contribution in [0, 0.1) is 0 Å². The van der Waals surface area contributed by atoms with Crippen molar-refractivity contribution < 1.29 is 5.11 Å². The number of aliphatic hydroxyl groups excluding tert-OH is 1. The molecule has 0 spiro atoms. The van der Waals surface area contributed by atoms with Crippen molar-refractivity contribution in [3.8, 4) is 0 Å². The summed E-state index contributed by atoms with van der Waals surface area (Å²) < 4.78 is 1.000. The minimum atomic E-state index is -0.606. The van der Waals surface area contributed by atoms with Crippen molar-refractivity contribution in [2.75, 3.05) is 0 Å². The van der Waals surface area contributed by atoms with Gasteiger partial charge in [0.25, 0.3) is 0 Å². The molecule has 0 heterocycles. The van der Waals surface area contributed by atoms with Gasteiger partial charge < -0.3 is 5.11 Å². The minimum absolute atomic E-state index is 0.606. The van der Waals surface area contributed by atoms with Gasteiger partial charge in [-0.25, -0.2) is 0 Å². The number of hydrogen-bond acceptors (Lipinski definition) is 1. The third-order valence-corrected chi connectivity index (χ3v) is 3.15. The first kappa shape index (κ1) is 15.2. The molecular weight excluding hydrogens is 312 g/mol. The summed E-state index contributed by atoms with van der Waals surface area (Å²) in [6.45, 7) is 4.00. The van der Waals surface area contributed by atoms with Gasteiger partial charge in [-0.1, -0.05) is 65.6 Å². The molecule has 1 atom stereocenters. The van der Waals surface area contributed by atoms with Crippen LogP contribution in [-0.4, -0.2) is 5.11 Å². The zero-order valence-corrected chi connectivity index (χ0v) is 12.7. The summed E-state index contributed by atoms with van der Waals surface area (Å²) in [4.78, 5) is 0. The summed E-state index contributed by atoms with van der Waals surface area (Å²) in [5, 5.41) is 10.8. The van der Waals surface area contributed by atoms with Crippen molar-refractivity contribution in [2.45, 2.75) is 20.0 Å². The lowest BCUT2D eigenvalue weighted by molar-refractivity contribution is 0.220. The number of hydrogen-bond donors (Lipinski definition) is 1. The molecule has 0 aliphatic carbocycles. The second kappa shape index (κ2) is 7.57. The Morgan fingerprint density at radius 2 is 1.28 bits per heavy atom. The molecule has 0 aliphatic heterocycles. The van der Waals surface area contributed by atoms with E-state index in [1.54, 1.807) is 12.1 Å². The third-order valence-electron chi connectivity index (χ3n) is 2.37. The Morgan fingerprint density at radius 3 is 1.72 bits per heavy atom. The highest BCUT2D eigenvalue weighted by Crippen LogP contribution is 2.24. The van der Waals surface area contributed by atoms with Gasteiger partial charge in [0.2, 0.25) is 0 Å². The van der Waals surface area contributed by atoms with Gasteiger partial charge >= 0.3 is 0 Å². The normalized spacial score (nSPS) is 11.4. The third kappa shape index (κ3) is 4.13. The second-order valence-electron chi connectivity index (χ2n) is 3.51. The summed E-state index contributed by atoms with van der Waals surface area (Å²) in [7, 11) is 0. The molecule has 2 rings (SSSR count). The molecule has 18 heavy (non-hydrogen) atoms. The summed E-state index contributed by atoms with van der Waals surface area (Å²) in [6, 6.07) is 14.8.